The van der Waals surface area contributed by atoms with Crippen LogP contribution >= 0.6 is 12.2 Å². The van der Waals surface area contributed by atoms with Crippen LogP contribution in [0, 0.1) is 0 Å². The number of rotatable bonds is 3. The van der Waals surface area contributed by atoms with Crippen molar-refractivity contribution in [2.75, 3.05) is 11.9 Å². The van der Waals surface area contributed by atoms with Crippen LogP contribution in [0.5, 0.6) is 0 Å². The van der Waals surface area contributed by atoms with Crippen molar-refractivity contribution in [1.29, 1.82) is 0 Å². The van der Waals surface area contributed by atoms with Gasteiger partial charge in [-0.3, -0.25) is 4.79 Å². The van der Waals surface area contributed by atoms with Crippen LogP contribution in [0.1, 0.15) is 16.1 Å². The van der Waals surface area contributed by atoms with E-state index in [1.807, 2.05) is 12.1 Å². The first kappa shape index (κ1) is 12.3. The van der Waals surface area contributed by atoms with Crippen molar-refractivity contribution in [2.45, 2.75) is 0 Å². The second kappa shape index (κ2) is 4.97. The maximum atomic E-state index is 12.1. The third-order valence-corrected chi connectivity index (χ3v) is 2.71. The summed E-state index contributed by atoms with van der Waals surface area (Å²) in [6, 6.07) is 8.66. The van der Waals surface area contributed by atoms with E-state index in [2.05, 4.69) is 9.68 Å². The number of hydrogen-bond donors (Lipinski definition) is 1. The van der Waals surface area contributed by atoms with Gasteiger partial charge in [0, 0.05) is 18.7 Å². The molecule has 0 fully saturated rings. The first-order valence-corrected chi connectivity index (χ1v) is 5.59. The molecule has 0 spiro atoms. The predicted octanol–water partition coefficient (Wildman–Crippen LogP) is 1.59. The highest BCUT2D eigenvalue weighted by Gasteiger charge is 2.19. The van der Waals surface area contributed by atoms with Gasteiger partial charge in [-0.2, -0.15) is 0 Å². The standard InChI is InChI=1S/C12H11N3O2S/c1-15(12(16)9-6-7-17-14-9)10-5-3-2-4-8(10)11(13)18/h2-7H,1H3,(H2,13,18). The van der Waals surface area contributed by atoms with Gasteiger partial charge >= 0.3 is 0 Å². The lowest BCUT2D eigenvalue weighted by Gasteiger charge is -2.18. The summed E-state index contributed by atoms with van der Waals surface area (Å²) in [5, 5.41) is 3.61. The van der Waals surface area contributed by atoms with Crippen molar-refractivity contribution < 1.29 is 9.32 Å². The second-order valence-electron chi connectivity index (χ2n) is 3.63. The van der Waals surface area contributed by atoms with Gasteiger partial charge in [-0.1, -0.05) is 29.5 Å². The maximum absolute atomic E-state index is 12.1. The van der Waals surface area contributed by atoms with Crippen molar-refractivity contribution in [3.63, 3.8) is 0 Å². The highest BCUT2D eigenvalue weighted by molar-refractivity contribution is 7.80. The zero-order valence-corrected chi connectivity index (χ0v) is 10.5. The lowest BCUT2D eigenvalue weighted by molar-refractivity contribution is 0.0984. The molecule has 0 aliphatic rings. The number of amides is 1. The Labute approximate surface area is 109 Å². The Morgan fingerprint density at radius 2 is 2.11 bits per heavy atom. The Morgan fingerprint density at radius 1 is 1.39 bits per heavy atom. The zero-order chi connectivity index (χ0) is 13.1. The molecule has 1 aromatic carbocycles. The Bertz CT molecular complexity index is 581. The molecule has 2 aromatic rings. The number of nitrogens with zero attached hydrogens (tertiary/aromatic N) is 2. The average Bonchev–Trinajstić information content (AvgIpc) is 2.90. The quantitative estimate of drug-likeness (QED) is 0.849. The number of para-hydroxylation sites is 1. The number of aromatic nitrogens is 1. The summed E-state index contributed by atoms with van der Waals surface area (Å²) in [4.78, 5) is 13.8. The monoisotopic (exact) mass is 261 g/mol. The average molecular weight is 261 g/mol. The van der Waals surface area contributed by atoms with E-state index in [0.717, 1.165) is 0 Å². The normalized spacial score (nSPS) is 10.1. The summed E-state index contributed by atoms with van der Waals surface area (Å²) in [7, 11) is 1.63. The lowest BCUT2D eigenvalue weighted by Crippen LogP contribution is -2.28. The molecule has 0 atom stereocenters. The van der Waals surface area contributed by atoms with Gasteiger partial charge in [0.1, 0.15) is 11.3 Å². The van der Waals surface area contributed by atoms with Crippen molar-refractivity contribution in [2.24, 2.45) is 5.73 Å². The van der Waals surface area contributed by atoms with Gasteiger partial charge < -0.3 is 15.2 Å². The van der Waals surface area contributed by atoms with E-state index < -0.39 is 0 Å². The third kappa shape index (κ3) is 2.23. The first-order valence-electron chi connectivity index (χ1n) is 5.18. The summed E-state index contributed by atoms with van der Waals surface area (Å²) in [6.45, 7) is 0. The molecule has 0 aliphatic carbocycles. The molecule has 6 heteroatoms. The van der Waals surface area contributed by atoms with Crippen molar-refractivity contribution in [3.8, 4) is 0 Å². The fourth-order valence-corrected chi connectivity index (χ4v) is 1.75. The Kier molecular flexibility index (Phi) is 3.38. The molecule has 2 rings (SSSR count). The van der Waals surface area contributed by atoms with Crippen LogP contribution in [0.4, 0.5) is 5.69 Å². The Balaban J connectivity index is 2.37. The van der Waals surface area contributed by atoms with Crippen LogP contribution < -0.4 is 10.6 Å². The first-order chi connectivity index (χ1) is 8.61. The van der Waals surface area contributed by atoms with Crippen LogP contribution in [0.2, 0.25) is 0 Å². The fourth-order valence-electron chi connectivity index (χ4n) is 1.58. The van der Waals surface area contributed by atoms with Gasteiger partial charge in [-0.05, 0) is 12.1 Å². The minimum absolute atomic E-state index is 0.232. The lowest BCUT2D eigenvalue weighted by atomic mass is 10.1. The molecule has 0 unspecified atom stereocenters. The van der Waals surface area contributed by atoms with Crippen molar-refractivity contribution >= 4 is 28.8 Å². The highest BCUT2D eigenvalue weighted by Crippen LogP contribution is 2.20. The molecule has 2 N–H and O–H groups in total. The number of carbonyl (C=O) groups excluding carboxylic acids is 1. The van der Waals surface area contributed by atoms with Gasteiger partial charge in [-0.15, -0.1) is 0 Å². The van der Waals surface area contributed by atoms with E-state index in [9.17, 15) is 4.79 Å². The molecule has 1 heterocycles. The molecule has 0 bridgehead atoms. The summed E-state index contributed by atoms with van der Waals surface area (Å²) in [5.74, 6) is -0.285. The molecule has 1 aromatic heterocycles. The minimum atomic E-state index is -0.285. The Morgan fingerprint density at radius 3 is 2.72 bits per heavy atom. The molecule has 5 nitrogen and oxygen atoms in total. The Hall–Kier alpha value is -2.21. The van der Waals surface area contributed by atoms with E-state index in [0.29, 0.717) is 11.3 Å². The number of nitrogens with two attached hydrogens (primary N) is 1. The SMILES string of the molecule is CN(C(=O)c1ccon1)c1ccccc1C(N)=S. The topological polar surface area (TPSA) is 72.4 Å². The number of carbonyl (C=O) groups is 1. The van der Waals surface area contributed by atoms with Crippen LogP contribution in [0.25, 0.3) is 0 Å². The van der Waals surface area contributed by atoms with Gasteiger partial charge in [0.25, 0.3) is 5.91 Å². The molecule has 92 valence electrons. The maximum Gasteiger partial charge on any atom is 0.280 e. The largest absolute Gasteiger partial charge is 0.389 e. The van der Waals surface area contributed by atoms with Gasteiger partial charge in [0.15, 0.2) is 5.69 Å². The van der Waals surface area contributed by atoms with Gasteiger partial charge in [-0.25, -0.2) is 0 Å². The van der Waals surface area contributed by atoms with E-state index >= 15 is 0 Å². The number of benzene rings is 1. The van der Waals surface area contributed by atoms with E-state index in [4.69, 9.17) is 18.0 Å². The fraction of sp³-hybridized carbons (Fsp3) is 0.0833. The predicted molar refractivity (Wildman–Crippen MR) is 71.6 cm³/mol. The van der Waals surface area contributed by atoms with E-state index in [1.165, 1.54) is 17.2 Å². The molecule has 0 saturated heterocycles. The summed E-state index contributed by atoms with van der Waals surface area (Å²) < 4.78 is 4.65. The molecular formula is C12H11N3O2S. The van der Waals surface area contributed by atoms with Crippen molar-refractivity contribution in [3.05, 3.63) is 47.9 Å². The minimum Gasteiger partial charge on any atom is -0.389 e. The molecular weight excluding hydrogens is 250 g/mol. The summed E-state index contributed by atoms with van der Waals surface area (Å²) >= 11 is 4.96. The summed E-state index contributed by atoms with van der Waals surface area (Å²) in [5.41, 5.74) is 7.14. The molecule has 0 aliphatic heterocycles. The third-order valence-electron chi connectivity index (χ3n) is 2.49. The molecule has 1 amide bonds. The van der Waals surface area contributed by atoms with Crippen LogP contribution in [-0.2, 0) is 0 Å². The van der Waals surface area contributed by atoms with E-state index in [-0.39, 0.29) is 16.6 Å². The molecule has 0 saturated carbocycles. The van der Waals surface area contributed by atoms with Crippen molar-refractivity contribution in [1.82, 2.24) is 5.16 Å². The second-order valence-corrected chi connectivity index (χ2v) is 4.07. The number of anilines is 1. The van der Waals surface area contributed by atoms with E-state index in [1.54, 1.807) is 19.2 Å². The van der Waals surface area contributed by atoms with Gasteiger partial charge in [0.05, 0.1) is 5.69 Å². The molecule has 18 heavy (non-hydrogen) atoms. The highest BCUT2D eigenvalue weighted by atomic mass is 32.1. The summed E-state index contributed by atoms with van der Waals surface area (Å²) in [6.07, 6.45) is 1.35. The smallest absolute Gasteiger partial charge is 0.280 e. The molecule has 0 radical (unpaired) electrons. The van der Waals surface area contributed by atoms with Gasteiger partial charge in [0.2, 0.25) is 0 Å². The zero-order valence-electron chi connectivity index (χ0n) is 9.66. The van der Waals surface area contributed by atoms with Crippen LogP contribution in [-0.4, -0.2) is 23.1 Å². The van der Waals surface area contributed by atoms with Crippen LogP contribution in [0.3, 0.4) is 0 Å². The number of thiocarbonyl (C=S) groups is 1. The van der Waals surface area contributed by atoms with Crippen LogP contribution in [0.15, 0.2) is 41.1 Å². The number of hydrogen-bond acceptors (Lipinski definition) is 4.